The van der Waals surface area contributed by atoms with Gasteiger partial charge in [0.1, 0.15) is 22.6 Å². The molecule has 3 atom stereocenters. The minimum Gasteiger partial charge on any atom is -0.487 e. The van der Waals surface area contributed by atoms with Crippen molar-refractivity contribution in [2.24, 2.45) is 5.92 Å². The molecule has 0 fully saturated rings. The fraction of sp³-hybridized carbons (Fsp3) is 0.429. The van der Waals surface area contributed by atoms with Gasteiger partial charge in [-0.3, -0.25) is 0 Å². The van der Waals surface area contributed by atoms with Gasteiger partial charge in [0.25, 0.3) is 0 Å². The summed E-state index contributed by atoms with van der Waals surface area (Å²) in [5.41, 5.74) is 0. The van der Waals surface area contributed by atoms with Gasteiger partial charge in [-0.2, -0.15) is 8.61 Å². The minimum absolute atomic E-state index is 0.0225. The van der Waals surface area contributed by atoms with Gasteiger partial charge in [-0.25, -0.2) is 21.2 Å². The third-order valence-electron chi connectivity index (χ3n) is 5.59. The van der Waals surface area contributed by atoms with Gasteiger partial charge in [0, 0.05) is 30.0 Å². The molecule has 1 aliphatic rings. The molecule has 0 radical (unpaired) electrons. The summed E-state index contributed by atoms with van der Waals surface area (Å²) in [4.78, 5) is -0.127. The second-order valence-corrected chi connectivity index (χ2v) is 12.9. The first kappa shape index (κ1) is 26.0. The molecule has 3 rings (SSSR count). The lowest BCUT2D eigenvalue weighted by Crippen LogP contribution is -2.50. The van der Waals surface area contributed by atoms with Crippen LogP contribution in [0, 0.1) is 11.7 Å². The summed E-state index contributed by atoms with van der Waals surface area (Å²) >= 11 is 3.32. The Labute approximate surface area is 202 Å². The number of benzene rings is 2. The monoisotopic (exact) mass is 564 g/mol. The van der Waals surface area contributed by atoms with Crippen LogP contribution in [0.1, 0.15) is 13.8 Å². The molecule has 0 aliphatic carbocycles. The van der Waals surface area contributed by atoms with E-state index in [-0.39, 0.29) is 35.2 Å². The van der Waals surface area contributed by atoms with Gasteiger partial charge in [-0.05, 0) is 49.4 Å². The average Bonchev–Trinajstić information content (AvgIpc) is 2.75. The maximum absolute atomic E-state index is 13.3. The molecule has 1 aliphatic heterocycles. The molecular formula is C21H26BrFN2O6S2. The Morgan fingerprint density at radius 3 is 2.52 bits per heavy atom. The molecule has 33 heavy (non-hydrogen) atoms. The molecule has 0 saturated carbocycles. The van der Waals surface area contributed by atoms with Crippen LogP contribution in [0.2, 0.25) is 0 Å². The van der Waals surface area contributed by atoms with E-state index >= 15 is 0 Å². The van der Waals surface area contributed by atoms with Crippen molar-refractivity contribution in [1.29, 1.82) is 0 Å². The Balaban J connectivity index is 2.00. The maximum Gasteiger partial charge on any atom is 0.247 e. The van der Waals surface area contributed by atoms with Crippen molar-refractivity contribution in [3.8, 4) is 5.75 Å². The highest BCUT2D eigenvalue weighted by Gasteiger charge is 2.39. The fourth-order valence-electron chi connectivity index (χ4n) is 3.56. The SMILES string of the molecule is C[C@H]1CN([C@@H](C)CO)S(=O)(=O)c2ccc(Br)cc2O[C@@H]1CN(C)S(=O)(=O)c1ccc(F)cc1. The summed E-state index contributed by atoms with van der Waals surface area (Å²) < 4.78 is 74.9. The van der Waals surface area contributed by atoms with E-state index in [0.717, 1.165) is 16.4 Å². The molecule has 0 amide bonds. The number of aliphatic hydroxyl groups is 1. The van der Waals surface area contributed by atoms with Crippen molar-refractivity contribution in [3.63, 3.8) is 0 Å². The largest absolute Gasteiger partial charge is 0.487 e. The molecule has 2 aromatic rings. The van der Waals surface area contributed by atoms with Crippen LogP contribution in [-0.4, -0.2) is 69.4 Å². The summed E-state index contributed by atoms with van der Waals surface area (Å²) in [6.45, 7) is 2.94. The standard InChI is InChI=1S/C21H26BrFN2O6S2/c1-14-11-25(15(2)13-26)33(29,30)21-9-4-16(22)10-19(21)31-20(14)12-24(3)32(27,28)18-7-5-17(23)6-8-18/h4-10,14-15,20,26H,11-13H2,1-3H3/t14-,15-,20+/m0/s1. The summed E-state index contributed by atoms with van der Waals surface area (Å²) in [5.74, 6) is -0.884. The zero-order valence-corrected chi connectivity index (χ0v) is 21.6. The summed E-state index contributed by atoms with van der Waals surface area (Å²) in [6, 6.07) is 8.35. The second kappa shape index (κ2) is 9.96. The molecule has 0 saturated heterocycles. The normalized spacial score (nSPS) is 22.2. The molecule has 0 unspecified atom stereocenters. The average molecular weight is 565 g/mol. The number of fused-ring (bicyclic) bond motifs is 1. The summed E-state index contributed by atoms with van der Waals surface area (Å²) in [5, 5.41) is 9.66. The van der Waals surface area contributed by atoms with Crippen LogP contribution >= 0.6 is 15.9 Å². The van der Waals surface area contributed by atoms with E-state index < -0.39 is 43.9 Å². The first-order valence-corrected chi connectivity index (χ1v) is 13.9. The van der Waals surface area contributed by atoms with Crippen molar-refractivity contribution in [1.82, 2.24) is 8.61 Å². The van der Waals surface area contributed by atoms with Crippen LogP contribution in [0.15, 0.2) is 56.7 Å². The van der Waals surface area contributed by atoms with Crippen LogP contribution in [0.4, 0.5) is 4.39 Å². The molecule has 0 spiro atoms. The number of nitrogens with zero attached hydrogens (tertiary/aromatic N) is 2. The highest BCUT2D eigenvalue weighted by molar-refractivity contribution is 9.10. The number of aliphatic hydroxyl groups excluding tert-OH is 1. The van der Waals surface area contributed by atoms with Gasteiger partial charge in [0.2, 0.25) is 20.0 Å². The van der Waals surface area contributed by atoms with Gasteiger partial charge in [0.15, 0.2) is 0 Å². The van der Waals surface area contributed by atoms with Gasteiger partial charge >= 0.3 is 0 Å². The second-order valence-electron chi connectivity index (χ2n) is 8.07. The quantitative estimate of drug-likeness (QED) is 0.578. The third kappa shape index (κ3) is 5.41. The molecule has 8 nitrogen and oxygen atoms in total. The molecule has 0 aromatic heterocycles. The van der Waals surface area contributed by atoms with Gasteiger partial charge in [0.05, 0.1) is 18.0 Å². The van der Waals surface area contributed by atoms with Crippen molar-refractivity contribution in [3.05, 3.63) is 52.8 Å². The van der Waals surface area contributed by atoms with Crippen LogP contribution < -0.4 is 4.74 Å². The van der Waals surface area contributed by atoms with Crippen LogP contribution in [0.25, 0.3) is 0 Å². The third-order valence-corrected chi connectivity index (χ3v) is 9.94. The van der Waals surface area contributed by atoms with Gasteiger partial charge in [-0.15, -0.1) is 0 Å². The first-order valence-electron chi connectivity index (χ1n) is 10.2. The molecule has 182 valence electrons. The minimum atomic E-state index is -3.97. The zero-order valence-electron chi connectivity index (χ0n) is 18.4. The fourth-order valence-corrected chi connectivity index (χ4v) is 6.90. The molecular weight excluding hydrogens is 539 g/mol. The van der Waals surface area contributed by atoms with E-state index in [2.05, 4.69) is 15.9 Å². The van der Waals surface area contributed by atoms with E-state index in [1.807, 2.05) is 0 Å². The Kier molecular flexibility index (Phi) is 7.86. The molecule has 12 heteroatoms. The predicted molar refractivity (Wildman–Crippen MR) is 124 cm³/mol. The molecule has 1 heterocycles. The Hall–Kier alpha value is -1.57. The van der Waals surface area contributed by atoms with Crippen molar-refractivity contribution < 1.29 is 31.1 Å². The van der Waals surface area contributed by atoms with E-state index in [0.29, 0.717) is 4.47 Å². The lowest BCUT2D eigenvalue weighted by molar-refractivity contribution is 0.0904. The smallest absolute Gasteiger partial charge is 0.247 e. The Morgan fingerprint density at radius 2 is 1.91 bits per heavy atom. The number of halogens is 2. The predicted octanol–water partition coefficient (Wildman–Crippen LogP) is 2.68. The lowest BCUT2D eigenvalue weighted by Gasteiger charge is -2.37. The molecule has 2 aromatic carbocycles. The number of ether oxygens (including phenoxy) is 1. The summed E-state index contributed by atoms with van der Waals surface area (Å²) in [7, 11) is -6.52. The lowest BCUT2D eigenvalue weighted by atomic mass is 10.0. The van der Waals surface area contributed by atoms with E-state index in [1.165, 1.54) is 35.6 Å². The van der Waals surface area contributed by atoms with Crippen LogP contribution in [0.5, 0.6) is 5.75 Å². The van der Waals surface area contributed by atoms with E-state index in [9.17, 15) is 26.3 Å². The zero-order chi connectivity index (χ0) is 24.6. The van der Waals surface area contributed by atoms with Crippen molar-refractivity contribution in [2.45, 2.75) is 35.8 Å². The van der Waals surface area contributed by atoms with E-state index in [1.54, 1.807) is 19.9 Å². The maximum atomic E-state index is 13.3. The van der Waals surface area contributed by atoms with Crippen molar-refractivity contribution >= 4 is 36.0 Å². The van der Waals surface area contributed by atoms with E-state index in [4.69, 9.17) is 4.74 Å². The molecule has 1 N–H and O–H groups in total. The topological polar surface area (TPSA) is 104 Å². The number of hydrogen-bond donors (Lipinski definition) is 1. The first-order chi connectivity index (χ1) is 15.4. The van der Waals surface area contributed by atoms with Gasteiger partial charge < -0.3 is 9.84 Å². The molecule has 0 bridgehead atoms. The van der Waals surface area contributed by atoms with Crippen LogP contribution in [0.3, 0.4) is 0 Å². The number of hydrogen-bond acceptors (Lipinski definition) is 6. The highest BCUT2D eigenvalue weighted by atomic mass is 79.9. The highest BCUT2D eigenvalue weighted by Crippen LogP contribution is 2.35. The number of likely N-dealkylation sites (N-methyl/N-ethyl adjacent to an activating group) is 1. The Bertz CT molecular complexity index is 1210. The van der Waals surface area contributed by atoms with Gasteiger partial charge in [-0.1, -0.05) is 22.9 Å². The number of rotatable bonds is 6. The number of sulfonamides is 2. The Morgan fingerprint density at radius 1 is 1.27 bits per heavy atom. The van der Waals surface area contributed by atoms with Crippen molar-refractivity contribution in [2.75, 3.05) is 26.7 Å². The summed E-state index contributed by atoms with van der Waals surface area (Å²) in [6.07, 6.45) is -0.706. The van der Waals surface area contributed by atoms with Crippen LogP contribution in [-0.2, 0) is 20.0 Å².